The molecule has 0 bridgehead atoms. The number of hydrogen-bond acceptors (Lipinski definition) is 4. The molecule has 2 atom stereocenters. The van der Waals surface area contributed by atoms with E-state index in [2.05, 4.69) is 34.7 Å². The molecular formula is C17H23Cl2N3OS. The molecule has 0 radical (unpaired) electrons. The molecule has 4 nitrogen and oxygen atoms in total. The minimum absolute atomic E-state index is 0. The maximum atomic E-state index is 12.3. The molecule has 1 aromatic carbocycles. The van der Waals surface area contributed by atoms with Crippen molar-refractivity contribution in [3.63, 3.8) is 0 Å². The summed E-state index contributed by atoms with van der Waals surface area (Å²) in [5.41, 5.74) is 1.75. The van der Waals surface area contributed by atoms with Gasteiger partial charge < -0.3 is 10.6 Å². The van der Waals surface area contributed by atoms with Crippen molar-refractivity contribution in [1.29, 1.82) is 0 Å². The van der Waals surface area contributed by atoms with Crippen molar-refractivity contribution >= 4 is 42.1 Å². The molecule has 0 aliphatic carbocycles. The topological polar surface area (TPSA) is 54.0 Å². The van der Waals surface area contributed by atoms with Gasteiger partial charge in [0.1, 0.15) is 5.69 Å². The zero-order valence-electron chi connectivity index (χ0n) is 13.5. The SMILES string of the molecule is CC1NCCCC1NC(=O)c1csc(Cc2ccccc2)n1.Cl.Cl. The second-order valence-electron chi connectivity index (χ2n) is 5.75. The second kappa shape index (κ2) is 9.99. The lowest BCUT2D eigenvalue weighted by Crippen LogP contribution is -2.51. The van der Waals surface area contributed by atoms with E-state index in [4.69, 9.17) is 0 Å². The van der Waals surface area contributed by atoms with Gasteiger partial charge in [-0.1, -0.05) is 30.3 Å². The van der Waals surface area contributed by atoms with Crippen LogP contribution in [-0.2, 0) is 6.42 Å². The fourth-order valence-corrected chi connectivity index (χ4v) is 3.56. The Bertz CT molecular complexity index is 636. The van der Waals surface area contributed by atoms with Gasteiger partial charge in [0.05, 0.1) is 5.01 Å². The molecule has 1 aliphatic rings. The van der Waals surface area contributed by atoms with E-state index in [1.54, 1.807) is 11.3 Å². The number of piperidine rings is 1. The van der Waals surface area contributed by atoms with E-state index in [0.29, 0.717) is 11.7 Å². The maximum Gasteiger partial charge on any atom is 0.271 e. The summed E-state index contributed by atoms with van der Waals surface area (Å²) in [6, 6.07) is 10.7. The summed E-state index contributed by atoms with van der Waals surface area (Å²) in [5, 5.41) is 9.33. The van der Waals surface area contributed by atoms with Gasteiger partial charge in [-0.25, -0.2) is 4.98 Å². The van der Waals surface area contributed by atoms with Crippen molar-refractivity contribution in [3.8, 4) is 0 Å². The van der Waals surface area contributed by atoms with Crippen molar-refractivity contribution in [3.05, 3.63) is 52.0 Å². The highest BCUT2D eigenvalue weighted by atomic mass is 35.5. The number of carbonyl (C=O) groups excluding carboxylic acids is 1. The van der Waals surface area contributed by atoms with Gasteiger partial charge in [-0.05, 0) is 31.9 Å². The molecule has 1 saturated heterocycles. The molecule has 1 aromatic heterocycles. The van der Waals surface area contributed by atoms with Gasteiger partial charge >= 0.3 is 0 Å². The van der Waals surface area contributed by atoms with Gasteiger partial charge in [-0.3, -0.25) is 4.79 Å². The van der Waals surface area contributed by atoms with Crippen molar-refractivity contribution in [2.24, 2.45) is 0 Å². The van der Waals surface area contributed by atoms with Crippen LogP contribution in [0.25, 0.3) is 0 Å². The molecule has 3 rings (SSSR count). The summed E-state index contributed by atoms with van der Waals surface area (Å²) < 4.78 is 0. The molecule has 2 heterocycles. The third kappa shape index (κ3) is 5.45. The fourth-order valence-electron chi connectivity index (χ4n) is 2.75. The molecule has 7 heteroatoms. The minimum Gasteiger partial charge on any atom is -0.346 e. The number of hydrogen-bond donors (Lipinski definition) is 2. The number of carbonyl (C=O) groups is 1. The second-order valence-corrected chi connectivity index (χ2v) is 6.70. The number of aromatic nitrogens is 1. The Morgan fingerprint density at radius 1 is 1.33 bits per heavy atom. The van der Waals surface area contributed by atoms with Crippen molar-refractivity contribution in [2.75, 3.05) is 6.54 Å². The van der Waals surface area contributed by atoms with Crippen molar-refractivity contribution < 1.29 is 4.79 Å². The smallest absolute Gasteiger partial charge is 0.271 e. The average molecular weight is 388 g/mol. The lowest BCUT2D eigenvalue weighted by molar-refractivity contribution is 0.0915. The van der Waals surface area contributed by atoms with Crippen LogP contribution in [0.2, 0.25) is 0 Å². The largest absolute Gasteiger partial charge is 0.346 e. The molecule has 24 heavy (non-hydrogen) atoms. The number of nitrogens with one attached hydrogen (secondary N) is 2. The Morgan fingerprint density at radius 2 is 2.08 bits per heavy atom. The summed E-state index contributed by atoms with van der Waals surface area (Å²) in [4.78, 5) is 16.8. The number of halogens is 2. The van der Waals surface area contributed by atoms with Gasteiger partial charge in [0.2, 0.25) is 0 Å². The number of thiazole rings is 1. The Morgan fingerprint density at radius 3 is 2.79 bits per heavy atom. The maximum absolute atomic E-state index is 12.3. The van der Waals surface area contributed by atoms with Crippen molar-refractivity contribution in [1.82, 2.24) is 15.6 Å². The normalized spacial score (nSPS) is 19.7. The minimum atomic E-state index is -0.0592. The van der Waals surface area contributed by atoms with Gasteiger partial charge in [0, 0.05) is 23.9 Å². The zero-order chi connectivity index (χ0) is 15.4. The molecular weight excluding hydrogens is 365 g/mol. The van der Waals surface area contributed by atoms with Crippen LogP contribution in [0.3, 0.4) is 0 Å². The Labute approximate surface area is 159 Å². The number of rotatable bonds is 4. The first-order valence-electron chi connectivity index (χ1n) is 7.75. The van der Waals surface area contributed by atoms with Crippen LogP contribution in [0.5, 0.6) is 0 Å². The highest BCUT2D eigenvalue weighted by Crippen LogP contribution is 2.16. The predicted octanol–water partition coefficient (Wildman–Crippen LogP) is 3.45. The molecule has 2 N–H and O–H groups in total. The van der Waals surface area contributed by atoms with Crippen LogP contribution in [0.1, 0.15) is 40.8 Å². The highest BCUT2D eigenvalue weighted by Gasteiger charge is 2.23. The van der Waals surface area contributed by atoms with Crippen LogP contribution >= 0.6 is 36.2 Å². The van der Waals surface area contributed by atoms with Crippen molar-refractivity contribution in [2.45, 2.75) is 38.3 Å². The van der Waals surface area contributed by atoms with E-state index >= 15 is 0 Å². The summed E-state index contributed by atoms with van der Waals surface area (Å²) in [7, 11) is 0. The molecule has 132 valence electrons. The molecule has 0 spiro atoms. The lowest BCUT2D eigenvalue weighted by atomic mass is 10.00. The third-order valence-corrected chi connectivity index (χ3v) is 4.91. The van der Waals surface area contributed by atoms with E-state index in [-0.39, 0.29) is 36.8 Å². The third-order valence-electron chi connectivity index (χ3n) is 4.06. The molecule has 2 aromatic rings. The van der Waals surface area contributed by atoms with Gasteiger partial charge in [-0.2, -0.15) is 0 Å². The molecule has 0 saturated carbocycles. The number of benzene rings is 1. The molecule has 1 fully saturated rings. The standard InChI is InChI=1S/C17H21N3OS.2ClH/c1-12-14(8-5-9-18-12)20-17(21)15-11-22-16(19-15)10-13-6-3-2-4-7-13;;/h2-4,6-7,11-12,14,18H,5,8-10H2,1H3,(H,20,21);2*1H. The summed E-state index contributed by atoms with van der Waals surface area (Å²) in [5.74, 6) is -0.0592. The first-order chi connectivity index (χ1) is 10.7. The van der Waals surface area contributed by atoms with E-state index < -0.39 is 0 Å². The Balaban J connectivity index is 0.00000144. The van der Waals surface area contributed by atoms with E-state index in [1.165, 1.54) is 5.56 Å². The Hall–Kier alpha value is -1.14. The van der Waals surface area contributed by atoms with E-state index in [9.17, 15) is 4.79 Å². The summed E-state index contributed by atoms with van der Waals surface area (Å²) in [6.45, 7) is 3.15. The monoisotopic (exact) mass is 387 g/mol. The number of amides is 1. The van der Waals surface area contributed by atoms with Crippen LogP contribution in [0.15, 0.2) is 35.7 Å². The first kappa shape index (κ1) is 20.9. The average Bonchev–Trinajstić information content (AvgIpc) is 2.99. The Kier molecular flexibility index (Phi) is 8.70. The van der Waals surface area contributed by atoms with Crippen LogP contribution in [0.4, 0.5) is 0 Å². The van der Waals surface area contributed by atoms with Crippen LogP contribution in [0, 0.1) is 0 Å². The molecule has 2 unspecified atom stereocenters. The molecule has 1 amide bonds. The lowest BCUT2D eigenvalue weighted by Gasteiger charge is -2.30. The van der Waals surface area contributed by atoms with Crippen LogP contribution in [-0.4, -0.2) is 29.5 Å². The van der Waals surface area contributed by atoms with E-state index in [0.717, 1.165) is 30.8 Å². The highest BCUT2D eigenvalue weighted by molar-refractivity contribution is 7.09. The quantitative estimate of drug-likeness (QED) is 0.844. The first-order valence-corrected chi connectivity index (χ1v) is 8.63. The zero-order valence-corrected chi connectivity index (χ0v) is 16.0. The molecule has 1 aliphatic heterocycles. The van der Waals surface area contributed by atoms with Gasteiger partial charge in [-0.15, -0.1) is 36.2 Å². The van der Waals surface area contributed by atoms with Gasteiger partial charge in [0.15, 0.2) is 0 Å². The summed E-state index contributed by atoms with van der Waals surface area (Å²) in [6.07, 6.45) is 2.91. The van der Waals surface area contributed by atoms with Crippen LogP contribution < -0.4 is 10.6 Å². The van der Waals surface area contributed by atoms with Gasteiger partial charge in [0.25, 0.3) is 5.91 Å². The fraction of sp³-hybridized carbons (Fsp3) is 0.412. The van der Waals surface area contributed by atoms with E-state index in [1.807, 2.05) is 23.6 Å². The summed E-state index contributed by atoms with van der Waals surface area (Å²) >= 11 is 1.55. The predicted molar refractivity (Wildman–Crippen MR) is 104 cm³/mol. The number of nitrogens with zero attached hydrogens (tertiary/aromatic N) is 1.